The summed E-state index contributed by atoms with van der Waals surface area (Å²) in [5.74, 6) is 0. The van der Waals surface area contributed by atoms with Gasteiger partial charge in [0.05, 0.1) is 18.1 Å². The zero-order valence-corrected chi connectivity index (χ0v) is 6.58. The van der Waals surface area contributed by atoms with Gasteiger partial charge >= 0.3 is 6.18 Å². The number of aromatic nitrogens is 2. The van der Waals surface area contributed by atoms with Gasteiger partial charge in [0.2, 0.25) is 0 Å². The molecule has 1 rings (SSSR count). The normalized spacial score (nSPS) is 11.9. The lowest BCUT2D eigenvalue weighted by atomic mass is 10.6. The van der Waals surface area contributed by atoms with Gasteiger partial charge in [0.25, 0.3) is 0 Å². The number of hydrogen-bond acceptors (Lipinski definition) is 3. The summed E-state index contributed by atoms with van der Waals surface area (Å²) in [5, 5.41) is 3.63. The largest absolute Gasteiger partial charge is 0.411 e. The van der Waals surface area contributed by atoms with Crippen molar-refractivity contribution < 1.29 is 17.9 Å². The number of rotatable bonds is 3. The molecule has 0 bridgehead atoms. The second kappa shape index (κ2) is 3.65. The van der Waals surface area contributed by atoms with Gasteiger partial charge in [0, 0.05) is 0 Å². The Morgan fingerprint density at radius 3 is 2.69 bits per heavy atom. The third-order valence-electron chi connectivity index (χ3n) is 1.14. The second-order valence-electron chi connectivity index (χ2n) is 2.41. The van der Waals surface area contributed by atoms with Crippen LogP contribution < -0.4 is 5.73 Å². The summed E-state index contributed by atoms with van der Waals surface area (Å²) in [6, 6.07) is 0. The van der Waals surface area contributed by atoms with Crippen molar-refractivity contribution in [3.63, 3.8) is 0 Å². The molecular weight excluding hydrogens is 187 g/mol. The summed E-state index contributed by atoms with van der Waals surface area (Å²) in [7, 11) is 0. The molecule has 13 heavy (non-hydrogen) atoms. The van der Waals surface area contributed by atoms with Crippen molar-refractivity contribution in [2.75, 3.05) is 12.3 Å². The van der Waals surface area contributed by atoms with Crippen LogP contribution in [0.5, 0.6) is 0 Å². The van der Waals surface area contributed by atoms with Gasteiger partial charge in [0.1, 0.15) is 13.3 Å². The zero-order chi connectivity index (χ0) is 9.90. The molecule has 0 aliphatic rings. The van der Waals surface area contributed by atoms with Gasteiger partial charge in [-0.05, 0) is 0 Å². The molecule has 0 saturated carbocycles. The van der Waals surface area contributed by atoms with Crippen LogP contribution in [0, 0.1) is 0 Å². The van der Waals surface area contributed by atoms with E-state index in [1.807, 2.05) is 0 Å². The van der Waals surface area contributed by atoms with Crippen molar-refractivity contribution in [2.24, 2.45) is 0 Å². The Balaban J connectivity index is 2.28. The molecule has 74 valence electrons. The number of anilines is 1. The van der Waals surface area contributed by atoms with Crippen LogP contribution in [-0.2, 0) is 11.5 Å². The standard InChI is InChI=1S/C6H8F3N3O/c7-6(8,9)3-13-4-12-2-5(10)1-11-12/h1-2H,3-4,10H2. The molecule has 0 aliphatic carbocycles. The zero-order valence-electron chi connectivity index (χ0n) is 6.58. The lowest BCUT2D eigenvalue weighted by molar-refractivity contribution is -0.182. The third kappa shape index (κ3) is 3.79. The molecule has 0 radical (unpaired) electrons. The second-order valence-corrected chi connectivity index (χ2v) is 2.41. The van der Waals surface area contributed by atoms with E-state index in [0.717, 1.165) is 0 Å². The Labute approximate surface area is 72.1 Å². The van der Waals surface area contributed by atoms with Crippen LogP contribution in [-0.4, -0.2) is 22.6 Å². The minimum Gasteiger partial charge on any atom is -0.396 e. The van der Waals surface area contributed by atoms with Crippen LogP contribution in [0.4, 0.5) is 18.9 Å². The van der Waals surface area contributed by atoms with E-state index in [4.69, 9.17) is 5.73 Å². The molecule has 0 aliphatic heterocycles. The van der Waals surface area contributed by atoms with Gasteiger partial charge in [-0.2, -0.15) is 18.3 Å². The summed E-state index contributed by atoms with van der Waals surface area (Å²) in [4.78, 5) is 0. The van der Waals surface area contributed by atoms with E-state index < -0.39 is 12.8 Å². The average Bonchev–Trinajstić information content (AvgIpc) is 2.33. The lowest BCUT2D eigenvalue weighted by Crippen LogP contribution is -2.18. The first-order valence-corrected chi connectivity index (χ1v) is 3.40. The summed E-state index contributed by atoms with van der Waals surface area (Å²) in [6.45, 7) is -1.54. The van der Waals surface area contributed by atoms with Crippen molar-refractivity contribution in [1.82, 2.24) is 9.78 Å². The van der Waals surface area contributed by atoms with Crippen molar-refractivity contribution in [3.05, 3.63) is 12.4 Å². The first-order chi connectivity index (χ1) is 5.97. The molecule has 1 aromatic heterocycles. The first kappa shape index (κ1) is 9.85. The molecule has 4 nitrogen and oxygen atoms in total. The van der Waals surface area contributed by atoms with Crippen LogP contribution in [0.3, 0.4) is 0 Å². The fraction of sp³-hybridized carbons (Fsp3) is 0.500. The monoisotopic (exact) mass is 195 g/mol. The fourth-order valence-corrected chi connectivity index (χ4v) is 0.705. The highest BCUT2D eigenvalue weighted by atomic mass is 19.4. The molecule has 1 heterocycles. The topological polar surface area (TPSA) is 53.1 Å². The highest BCUT2D eigenvalue weighted by Gasteiger charge is 2.27. The van der Waals surface area contributed by atoms with E-state index in [-0.39, 0.29) is 6.73 Å². The summed E-state index contributed by atoms with van der Waals surface area (Å²) >= 11 is 0. The maximum absolute atomic E-state index is 11.6. The highest BCUT2D eigenvalue weighted by Crippen LogP contribution is 2.14. The van der Waals surface area contributed by atoms with Crippen molar-refractivity contribution in [1.29, 1.82) is 0 Å². The molecule has 0 amide bonds. The molecule has 0 atom stereocenters. The number of hydrogen-bond donors (Lipinski definition) is 1. The van der Waals surface area contributed by atoms with E-state index in [0.29, 0.717) is 5.69 Å². The molecule has 2 N–H and O–H groups in total. The van der Waals surface area contributed by atoms with Crippen molar-refractivity contribution in [3.8, 4) is 0 Å². The van der Waals surface area contributed by atoms with Crippen molar-refractivity contribution in [2.45, 2.75) is 12.9 Å². The van der Waals surface area contributed by atoms with E-state index in [2.05, 4.69) is 9.84 Å². The van der Waals surface area contributed by atoms with Crippen molar-refractivity contribution >= 4 is 5.69 Å². The van der Waals surface area contributed by atoms with Gasteiger partial charge in [-0.1, -0.05) is 0 Å². The first-order valence-electron chi connectivity index (χ1n) is 3.40. The summed E-state index contributed by atoms with van der Waals surface area (Å²) in [5.41, 5.74) is 5.66. The Morgan fingerprint density at radius 1 is 1.54 bits per heavy atom. The maximum atomic E-state index is 11.6. The van der Waals surface area contributed by atoms with Crippen LogP contribution in [0.25, 0.3) is 0 Å². The highest BCUT2D eigenvalue weighted by molar-refractivity contribution is 5.30. The molecule has 7 heteroatoms. The lowest BCUT2D eigenvalue weighted by Gasteiger charge is -2.06. The minimum absolute atomic E-state index is 0.253. The van der Waals surface area contributed by atoms with Gasteiger partial charge in [-0.15, -0.1) is 0 Å². The number of ether oxygens (including phenoxy) is 1. The number of alkyl halides is 3. The predicted molar refractivity (Wildman–Crippen MR) is 38.6 cm³/mol. The number of halogens is 3. The Morgan fingerprint density at radius 2 is 2.23 bits per heavy atom. The van der Waals surface area contributed by atoms with Gasteiger partial charge in [-0.25, -0.2) is 4.68 Å². The summed E-state index contributed by atoms with van der Waals surface area (Å²) < 4.78 is 40.3. The summed E-state index contributed by atoms with van der Waals surface area (Å²) in [6.07, 6.45) is -1.59. The molecule has 0 saturated heterocycles. The predicted octanol–water partition coefficient (Wildman–Crippen LogP) is 1.00. The van der Waals surface area contributed by atoms with Gasteiger partial charge < -0.3 is 10.5 Å². The van der Waals surface area contributed by atoms with Gasteiger partial charge in [0.15, 0.2) is 0 Å². The Kier molecular flexibility index (Phi) is 2.76. The number of nitrogens with two attached hydrogens (primary N) is 1. The van der Waals surface area contributed by atoms with E-state index in [9.17, 15) is 13.2 Å². The third-order valence-corrected chi connectivity index (χ3v) is 1.14. The smallest absolute Gasteiger partial charge is 0.396 e. The minimum atomic E-state index is -4.31. The number of nitrogens with zero attached hydrogens (tertiary/aromatic N) is 2. The molecule has 0 spiro atoms. The molecule has 0 unspecified atom stereocenters. The molecule has 0 fully saturated rings. The maximum Gasteiger partial charge on any atom is 0.411 e. The van der Waals surface area contributed by atoms with Crippen LogP contribution >= 0.6 is 0 Å². The Bertz CT molecular complexity index is 270. The average molecular weight is 195 g/mol. The van der Waals surface area contributed by atoms with E-state index >= 15 is 0 Å². The van der Waals surface area contributed by atoms with Crippen LogP contribution in [0.15, 0.2) is 12.4 Å². The van der Waals surface area contributed by atoms with E-state index in [1.54, 1.807) is 0 Å². The SMILES string of the molecule is Nc1cnn(COCC(F)(F)F)c1. The molecule has 1 aromatic rings. The number of nitrogen functional groups attached to an aromatic ring is 1. The van der Waals surface area contributed by atoms with Crippen LogP contribution in [0.1, 0.15) is 0 Å². The van der Waals surface area contributed by atoms with Crippen LogP contribution in [0.2, 0.25) is 0 Å². The van der Waals surface area contributed by atoms with E-state index in [1.165, 1.54) is 17.1 Å². The molecule has 0 aromatic carbocycles. The quantitative estimate of drug-likeness (QED) is 0.782. The molecular formula is C6H8F3N3O. The van der Waals surface area contributed by atoms with Gasteiger partial charge in [-0.3, -0.25) is 0 Å². The Hall–Kier alpha value is -1.24. The fourth-order valence-electron chi connectivity index (χ4n) is 0.705.